The molecule has 0 aliphatic heterocycles. The van der Waals surface area contributed by atoms with E-state index in [0.29, 0.717) is 0 Å². The highest BCUT2D eigenvalue weighted by Crippen LogP contribution is 2.11. The van der Waals surface area contributed by atoms with E-state index in [-0.39, 0.29) is 0 Å². The van der Waals surface area contributed by atoms with Crippen LogP contribution < -0.4 is 5.32 Å². The van der Waals surface area contributed by atoms with E-state index in [2.05, 4.69) is 49.8 Å². The lowest BCUT2D eigenvalue weighted by molar-refractivity contribution is 1.15. The Bertz CT molecular complexity index is 318. The minimum absolute atomic E-state index is 1.11. The molecule has 0 aromatic carbocycles. The summed E-state index contributed by atoms with van der Waals surface area (Å²) in [4.78, 5) is 4.63. The molecule has 0 unspecified atom stereocenters. The quantitative estimate of drug-likeness (QED) is 0.544. The van der Waals surface area contributed by atoms with Crippen LogP contribution in [0.2, 0.25) is 19.1 Å². The molecule has 1 heterocycles. The van der Waals surface area contributed by atoms with Gasteiger partial charge in [-0.25, -0.2) is 0 Å². The zero-order chi connectivity index (χ0) is 10.6. The van der Waals surface area contributed by atoms with Gasteiger partial charge in [-0.2, -0.15) is 0 Å². The fourth-order valence-electron chi connectivity index (χ4n) is 1.51. The average Bonchev–Trinajstić information content (AvgIpc) is 2.15. The van der Waals surface area contributed by atoms with Crippen molar-refractivity contribution in [3.8, 4) is 0 Å². The molecule has 14 heavy (non-hydrogen) atoms. The zero-order valence-corrected chi connectivity index (χ0v) is 10.4. The monoisotopic (exact) mass is 205 g/mol. The maximum absolute atomic E-state index is 4.63. The highest BCUT2D eigenvalue weighted by molar-refractivity contribution is 6.89. The molecule has 0 aliphatic carbocycles. The molecule has 0 atom stereocenters. The molecule has 76 valence electrons. The molecule has 0 fully saturated rings. The second-order valence-corrected chi connectivity index (χ2v) is 9.16. The first-order valence-corrected chi connectivity index (χ1v) is 8.32. The van der Waals surface area contributed by atoms with Gasteiger partial charge in [0.05, 0.1) is 0 Å². The minimum atomic E-state index is -1.31. The fraction of sp³-hybridized carbons (Fsp3) is 0.417. The normalized spacial score (nSPS) is 11.4. The Balaban J connectivity index is 2.85. The molecule has 1 nitrogen and oxygen atoms in total. The molecule has 0 saturated carbocycles. The van der Waals surface area contributed by atoms with Gasteiger partial charge in [-0.3, -0.25) is 4.98 Å². The number of rotatable bonds is 4. The Morgan fingerprint density at radius 1 is 1.43 bits per heavy atom. The third-order valence-corrected chi connectivity index (χ3v) is 5.76. The van der Waals surface area contributed by atoms with Gasteiger partial charge in [-0.15, -0.1) is 6.58 Å². The molecule has 0 radical (unpaired) electrons. The van der Waals surface area contributed by atoms with Gasteiger partial charge in [-0.05, 0) is 31.5 Å². The van der Waals surface area contributed by atoms with Crippen molar-refractivity contribution in [1.29, 1.82) is 0 Å². The standard InChI is InChI=1S/C12H19NSi/c1-5-6-10-14(3,4)12-9-7-8-11(2)13-12/h5,7-9H,1,6,10H2,2-4H3. The summed E-state index contributed by atoms with van der Waals surface area (Å²) in [5, 5.41) is 1.32. The van der Waals surface area contributed by atoms with Crippen LogP contribution in [0.4, 0.5) is 0 Å². The summed E-state index contributed by atoms with van der Waals surface area (Å²) in [7, 11) is -1.31. The van der Waals surface area contributed by atoms with Crippen molar-refractivity contribution < 1.29 is 0 Å². The Labute approximate surface area is 87.9 Å². The lowest BCUT2D eigenvalue weighted by Gasteiger charge is -2.21. The molecule has 1 aromatic rings. The molecule has 0 bridgehead atoms. The number of aryl methyl sites for hydroxylation is 1. The smallest absolute Gasteiger partial charge is 0.105 e. The van der Waals surface area contributed by atoms with Gasteiger partial charge >= 0.3 is 0 Å². The molecular weight excluding hydrogens is 186 g/mol. The molecule has 0 aliphatic rings. The first-order valence-electron chi connectivity index (χ1n) is 5.11. The lowest BCUT2D eigenvalue weighted by atomic mass is 10.4. The maximum Gasteiger partial charge on any atom is 0.105 e. The van der Waals surface area contributed by atoms with Crippen LogP contribution in [-0.2, 0) is 0 Å². The molecule has 0 saturated heterocycles. The highest BCUT2D eigenvalue weighted by atomic mass is 28.3. The number of hydrogen-bond acceptors (Lipinski definition) is 1. The van der Waals surface area contributed by atoms with Gasteiger partial charge in [0.15, 0.2) is 0 Å². The van der Waals surface area contributed by atoms with Gasteiger partial charge in [0.25, 0.3) is 0 Å². The molecule has 0 spiro atoms. The Kier molecular flexibility index (Phi) is 3.64. The number of aromatic nitrogens is 1. The van der Waals surface area contributed by atoms with Gasteiger partial charge in [0.2, 0.25) is 0 Å². The fourth-order valence-corrected chi connectivity index (χ4v) is 3.72. The van der Waals surface area contributed by atoms with Crippen LogP contribution in [0.15, 0.2) is 30.9 Å². The summed E-state index contributed by atoms with van der Waals surface area (Å²) in [6.07, 6.45) is 3.11. The highest BCUT2D eigenvalue weighted by Gasteiger charge is 2.23. The van der Waals surface area contributed by atoms with E-state index in [1.807, 2.05) is 6.08 Å². The van der Waals surface area contributed by atoms with Crippen molar-refractivity contribution in [3.05, 3.63) is 36.5 Å². The summed E-state index contributed by atoms with van der Waals surface area (Å²) in [5.41, 5.74) is 1.13. The second kappa shape index (κ2) is 4.56. The van der Waals surface area contributed by atoms with Crippen molar-refractivity contribution in [2.45, 2.75) is 32.5 Å². The van der Waals surface area contributed by atoms with Crippen molar-refractivity contribution >= 4 is 13.4 Å². The van der Waals surface area contributed by atoms with Gasteiger partial charge < -0.3 is 0 Å². The van der Waals surface area contributed by atoms with Crippen LogP contribution in [0.3, 0.4) is 0 Å². The number of hydrogen-bond donors (Lipinski definition) is 0. The predicted octanol–water partition coefficient (Wildman–Crippen LogP) is 2.88. The van der Waals surface area contributed by atoms with Crippen molar-refractivity contribution in [2.75, 3.05) is 0 Å². The van der Waals surface area contributed by atoms with Crippen molar-refractivity contribution in [3.63, 3.8) is 0 Å². The van der Waals surface area contributed by atoms with E-state index in [9.17, 15) is 0 Å². The molecule has 1 rings (SSSR count). The SMILES string of the molecule is C=CCC[Si](C)(C)c1cccc(C)n1. The van der Waals surface area contributed by atoms with Crippen LogP contribution in [0.1, 0.15) is 12.1 Å². The van der Waals surface area contributed by atoms with E-state index >= 15 is 0 Å². The average molecular weight is 205 g/mol. The van der Waals surface area contributed by atoms with Crippen LogP contribution in [-0.4, -0.2) is 13.1 Å². The van der Waals surface area contributed by atoms with Gasteiger partial charge in [0.1, 0.15) is 8.07 Å². The Morgan fingerprint density at radius 3 is 2.71 bits per heavy atom. The third-order valence-electron chi connectivity index (χ3n) is 2.56. The van der Waals surface area contributed by atoms with Crippen LogP contribution in [0.5, 0.6) is 0 Å². The molecule has 2 heteroatoms. The zero-order valence-electron chi connectivity index (χ0n) is 9.38. The number of nitrogens with zero attached hydrogens (tertiary/aromatic N) is 1. The summed E-state index contributed by atoms with van der Waals surface area (Å²) >= 11 is 0. The molecule has 1 aromatic heterocycles. The maximum atomic E-state index is 4.63. The largest absolute Gasteiger partial charge is 0.263 e. The van der Waals surface area contributed by atoms with Crippen LogP contribution in [0, 0.1) is 6.92 Å². The second-order valence-electron chi connectivity index (χ2n) is 4.38. The van der Waals surface area contributed by atoms with Crippen LogP contribution >= 0.6 is 0 Å². The van der Waals surface area contributed by atoms with Crippen molar-refractivity contribution in [1.82, 2.24) is 4.98 Å². The van der Waals surface area contributed by atoms with E-state index in [1.54, 1.807) is 0 Å². The number of allylic oxidation sites excluding steroid dienone is 1. The number of pyridine rings is 1. The van der Waals surface area contributed by atoms with E-state index in [4.69, 9.17) is 0 Å². The third kappa shape index (κ3) is 2.81. The Morgan fingerprint density at radius 2 is 2.14 bits per heavy atom. The first kappa shape index (κ1) is 11.2. The summed E-state index contributed by atoms with van der Waals surface area (Å²) in [6, 6.07) is 7.58. The first-order chi connectivity index (χ1) is 6.56. The summed E-state index contributed by atoms with van der Waals surface area (Å²) in [5.74, 6) is 0. The van der Waals surface area contributed by atoms with Gasteiger partial charge in [0, 0.05) is 11.0 Å². The van der Waals surface area contributed by atoms with E-state index < -0.39 is 8.07 Å². The summed E-state index contributed by atoms with van der Waals surface area (Å²) in [6.45, 7) is 10.6. The minimum Gasteiger partial charge on any atom is -0.263 e. The van der Waals surface area contributed by atoms with Crippen LogP contribution in [0.25, 0.3) is 0 Å². The molecule has 0 amide bonds. The topological polar surface area (TPSA) is 12.9 Å². The predicted molar refractivity (Wildman–Crippen MR) is 65.7 cm³/mol. The molecule has 0 N–H and O–H groups in total. The van der Waals surface area contributed by atoms with E-state index in [1.165, 1.54) is 11.4 Å². The van der Waals surface area contributed by atoms with Gasteiger partial charge in [-0.1, -0.05) is 25.2 Å². The van der Waals surface area contributed by atoms with Crippen molar-refractivity contribution in [2.24, 2.45) is 0 Å². The lowest BCUT2D eigenvalue weighted by Crippen LogP contribution is -2.43. The Hall–Kier alpha value is -0.893. The molecular formula is C12H19NSi. The van der Waals surface area contributed by atoms with E-state index in [0.717, 1.165) is 12.1 Å². The summed E-state index contributed by atoms with van der Waals surface area (Å²) < 4.78 is 0.